The van der Waals surface area contributed by atoms with Gasteiger partial charge in [0.1, 0.15) is 5.57 Å². The second-order valence-electron chi connectivity index (χ2n) is 9.58. The Balaban J connectivity index is 1.77. The summed E-state index contributed by atoms with van der Waals surface area (Å²) in [6.07, 6.45) is 16.2. The summed E-state index contributed by atoms with van der Waals surface area (Å²) in [5, 5.41) is 19.8. The van der Waals surface area contributed by atoms with Crippen molar-refractivity contribution in [3.8, 4) is 0 Å². The number of aryl methyl sites for hydroxylation is 1. The number of aliphatic hydroxyl groups excluding tert-OH is 2. The Bertz CT molecular complexity index is 799. The first-order valence-electron chi connectivity index (χ1n) is 13.4. The molecule has 0 saturated carbocycles. The molecule has 2 N–H and O–H groups in total. The Morgan fingerprint density at radius 1 is 0.941 bits per heavy atom. The first kappa shape index (κ1) is 28.1. The minimum Gasteiger partial charge on any atom is -0.507 e. The molecule has 5 nitrogen and oxygen atoms in total. The lowest BCUT2D eigenvalue weighted by Gasteiger charge is -2.08. The highest BCUT2D eigenvalue weighted by molar-refractivity contribution is 6.21. The number of rotatable bonds is 18. The smallest absolute Gasteiger partial charge is 0.344 e. The number of ether oxygens (including phenoxy) is 1. The van der Waals surface area contributed by atoms with Crippen LogP contribution in [-0.2, 0) is 16.1 Å². The van der Waals surface area contributed by atoms with Gasteiger partial charge in [-0.15, -0.1) is 0 Å². The normalized spacial score (nSPS) is 16.4. The van der Waals surface area contributed by atoms with Gasteiger partial charge in [0, 0.05) is 0 Å². The van der Waals surface area contributed by atoms with Crippen LogP contribution in [0.5, 0.6) is 0 Å². The van der Waals surface area contributed by atoms with Crippen molar-refractivity contribution in [2.45, 2.75) is 116 Å². The summed E-state index contributed by atoms with van der Waals surface area (Å²) in [4.78, 5) is 17.1. The van der Waals surface area contributed by atoms with Crippen molar-refractivity contribution in [2.24, 2.45) is 4.99 Å². The fourth-order valence-corrected chi connectivity index (χ4v) is 4.49. The lowest BCUT2D eigenvalue weighted by Crippen LogP contribution is -2.15. The van der Waals surface area contributed by atoms with Crippen LogP contribution in [-0.4, -0.2) is 34.6 Å². The van der Waals surface area contributed by atoms with Crippen LogP contribution in [0.15, 0.2) is 40.6 Å². The molecule has 34 heavy (non-hydrogen) atoms. The number of carbonyl (C=O) groups excluding carboxylic acids is 1. The van der Waals surface area contributed by atoms with Gasteiger partial charge in [-0.3, -0.25) is 4.99 Å². The van der Waals surface area contributed by atoms with E-state index in [0.29, 0.717) is 18.7 Å². The van der Waals surface area contributed by atoms with Crippen LogP contribution in [0.2, 0.25) is 0 Å². The van der Waals surface area contributed by atoms with Crippen molar-refractivity contribution in [2.75, 3.05) is 6.61 Å². The molecule has 0 saturated heterocycles. The van der Waals surface area contributed by atoms with Crippen molar-refractivity contribution in [1.29, 1.82) is 0 Å². The van der Waals surface area contributed by atoms with Gasteiger partial charge in [-0.25, -0.2) is 4.79 Å². The molecule has 1 atom stereocenters. The minimum absolute atomic E-state index is 0.144. The van der Waals surface area contributed by atoms with Gasteiger partial charge in [0.2, 0.25) is 0 Å². The molecule has 0 aromatic heterocycles. The summed E-state index contributed by atoms with van der Waals surface area (Å²) in [6, 6.07) is 8.12. The Hall–Kier alpha value is -2.14. The van der Waals surface area contributed by atoms with Crippen LogP contribution in [0.3, 0.4) is 0 Å². The standard InChI is InChI=1S/C29H45NO4/c1-3-4-5-6-7-8-9-10-11-12-13-14-15-19-25(27-28(32)26(22-31)34-29(27)33)30-21-24-18-16-17-23(2)20-24/h16-18,20,26,31-32H,3-15,19,21-22H2,1-2H3. The molecule has 0 spiro atoms. The molecule has 0 fully saturated rings. The van der Waals surface area contributed by atoms with E-state index in [4.69, 9.17) is 9.73 Å². The highest BCUT2D eigenvalue weighted by Crippen LogP contribution is 2.25. The zero-order valence-corrected chi connectivity index (χ0v) is 21.4. The van der Waals surface area contributed by atoms with Crippen LogP contribution >= 0.6 is 0 Å². The first-order valence-corrected chi connectivity index (χ1v) is 13.4. The SMILES string of the molecule is CCCCCCCCCCCCCCCC(=NCc1cccc(C)c1)C1=C(O)C(CO)OC1=O. The number of aliphatic imine (C=N–C) groups is 1. The molecule has 0 radical (unpaired) electrons. The highest BCUT2D eigenvalue weighted by atomic mass is 16.6. The zero-order valence-electron chi connectivity index (χ0n) is 21.4. The van der Waals surface area contributed by atoms with Crippen molar-refractivity contribution in [3.63, 3.8) is 0 Å². The summed E-state index contributed by atoms with van der Waals surface area (Å²) < 4.78 is 5.11. The number of benzene rings is 1. The predicted octanol–water partition coefficient (Wildman–Crippen LogP) is 7.15. The molecule has 1 aliphatic heterocycles. The van der Waals surface area contributed by atoms with Gasteiger partial charge in [0.15, 0.2) is 11.9 Å². The molecule has 190 valence electrons. The zero-order chi connectivity index (χ0) is 24.6. The van der Waals surface area contributed by atoms with Crippen LogP contribution in [0.4, 0.5) is 0 Å². The number of nitrogens with zero attached hydrogens (tertiary/aromatic N) is 1. The Morgan fingerprint density at radius 3 is 2.06 bits per heavy atom. The van der Waals surface area contributed by atoms with Crippen LogP contribution < -0.4 is 0 Å². The van der Waals surface area contributed by atoms with E-state index in [-0.39, 0.29) is 11.3 Å². The van der Waals surface area contributed by atoms with Gasteiger partial charge < -0.3 is 14.9 Å². The largest absolute Gasteiger partial charge is 0.507 e. The van der Waals surface area contributed by atoms with Crippen LogP contribution in [0.1, 0.15) is 108 Å². The molecular formula is C29H45NO4. The third kappa shape index (κ3) is 10.0. The molecule has 1 heterocycles. The Kier molecular flexibility index (Phi) is 13.6. The molecule has 1 aliphatic rings. The summed E-state index contributed by atoms with van der Waals surface area (Å²) in [5.74, 6) is -0.778. The maximum atomic E-state index is 12.4. The lowest BCUT2D eigenvalue weighted by molar-refractivity contribution is -0.141. The van der Waals surface area contributed by atoms with Crippen molar-refractivity contribution in [1.82, 2.24) is 0 Å². The van der Waals surface area contributed by atoms with E-state index in [1.165, 1.54) is 70.6 Å². The molecular weight excluding hydrogens is 426 g/mol. The number of carbonyl (C=O) groups is 1. The molecule has 1 unspecified atom stereocenters. The molecule has 2 rings (SSSR count). The third-order valence-corrected chi connectivity index (χ3v) is 6.52. The van der Waals surface area contributed by atoms with Gasteiger partial charge in [-0.1, -0.05) is 114 Å². The molecule has 0 amide bonds. The number of aliphatic hydroxyl groups is 2. The fourth-order valence-electron chi connectivity index (χ4n) is 4.49. The Labute approximate surface area is 206 Å². The average molecular weight is 472 g/mol. The molecule has 0 aliphatic carbocycles. The number of cyclic esters (lactones) is 1. The average Bonchev–Trinajstić information content (AvgIpc) is 3.12. The van der Waals surface area contributed by atoms with Gasteiger partial charge >= 0.3 is 5.97 Å². The van der Waals surface area contributed by atoms with Crippen molar-refractivity contribution >= 4 is 11.7 Å². The number of hydrogen-bond acceptors (Lipinski definition) is 5. The van der Waals surface area contributed by atoms with E-state index in [1.54, 1.807) is 0 Å². The number of esters is 1. The fraction of sp³-hybridized carbons (Fsp3) is 0.655. The molecule has 1 aromatic carbocycles. The predicted molar refractivity (Wildman–Crippen MR) is 139 cm³/mol. The van der Waals surface area contributed by atoms with E-state index in [1.807, 2.05) is 25.1 Å². The van der Waals surface area contributed by atoms with E-state index in [2.05, 4.69) is 13.0 Å². The number of hydrogen-bond donors (Lipinski definition) is 2. The topological polar surface area (TPSA) is 79.1 Å². The maximum absolute atomic E-state index is 12.4. The quantitative estimate of drug-likeness (QED) is 0.135. The molecule has 1 aromatic rings. The third-order valence-electron chi connectivity index (χ3n) is 6.52. The lowest BCUT2D eigenvalue weighted by atomic mass is 10.0. The van der Waals surface area contributed by atoms with Gasteiger partial charge in [-0.05, 0) is 25.3 Å². The molecule has 0 bridgehead atoms. The monoisotopic (exact) mass is 471 g/mol. The van der Waals surface area contributed by atoms with Crippen molar-refractivity contribution < 1.29 is 19.7 Å². The van der Waals surface area contributed by atoms with E-state index >= 15 is 0 Å². The van der Waals surface area contributed by atoms with Crippen LogP contribution in [0, 0.1) is 6.92 Å². The second-order valence-corrected chi connectivity index (χ2v) is 9.58. The minimum atomic E-state index is -0.974. The summed E-state index contributed by atoms with van der Waals surface area (Å²) in [7, 11) is 0. The summed E-state index contributed by atoms with van der Waals surface area (Å²) >= 11 is 0. The van der Waals surface area contributed by atoms with E-state index < -0.39 is 18.7 Å². The van der Waals surface area contributed by atoms with Gasteiger partial charge in [-0.2, -0.15) is 0 Å². The van der Waals surface area contributed by atoms with Gasteiger partial charge in [0.25, 0.3) is 0 Å². The summed E-state index contributed by atoms with van der Waals surface area (Å²) in [5.41, 5.74) is 2.95. The maximum Gasteiger partial charge on any atom is 0.344 e. The summed E-state index contributed by atoms with van der Waals surface area (Å²) in [6.45, 7) is 4.32. The van der Waals surface area contributed by atoms with Gasteiger partial charge in [0.05, 0.1) is 18.9 Å². The van der Waals surface area contributed by atoms with Crippen molar-refractivity contribution in [3.05, 3.63) is 46.7 Å². The van der Waals surface area contributed by atoms with E-state index in [0.717, 1.165) is 24.0 Å². The highest BCUT2D eigenvalue weighted by Gasteiger charge is 2.36. The Morgan fingerprint density at radius 2 is 1.53 bits per heavy atom. The van der Waals surface area contributed by atoms with Crippen LogP contribution in [0.25, 0.3) is 0 Å². The van der Waals surface area contributed by atoms with E-state index in [9.17, 15) is 15.0 Å². The molecule has 5 heteroatoms. The number of unbranched alkanes of at least 4 members (excludes halogenated alkanes) is 12. The first-order chi connectivity index (χ1) is 16.6. The second kappa shape index (κ2) is 16.5.